The lowest BCUT2D eigenvalue weighted by Gasteiger charge is -2.37. The lowest BCUT2D eigenvalue weighted by molar-refractivity contribution is -0.128. The fraction of sp³-hybridized carbons (Fsp3) is 0.208. The third-order valence-corrected chi connectivity index (χ3v) is 5.81. The highest BCUT2D eigenvalue weighted by Gasteiger charge is 2.48. The molecule has 1 fully saturated rings. The average molecular weight is 385 g/mol. The summed E-state index contributed by atoms with van der Waals surface area (Å²) in [5.74, 6) is 0.351. The predicted molar refractivity (Wildman–Crippen MR) is 114 cm³/mol. The number of nitrogens with zero attached hydrogens (tertiary/aromatic N) is 2. The molecule has 2 atom stereocenters. The van der Waals surface area contributed by atoms with E-state index in [0.717, 1.165) is 29.8 Å². The number of phenolic OH excluding ortho intramolecular Hbond substituents is 1. The van der Waals surface area contributed by atoms with Gasteiger partial charge in [0.1, 0.15) is 18.0 Å². The molecule has 5 heteroatoms. The number of aromatic hydroxyl groups is 1. The maximum atomic E-state index is 13.4. The minimum atomic E-state index is -0.164. The van der Waals surface area contributed by atoms with Gasteiger partial charge in [0.15, 0.2) is 0 Å². The highest BCUT2D eigenvalue weighted by Crippen LogP contribution is 2.39. The molecule has 0 spiro atoms. The van der Waals surface area contributed by atoms with Gasteiger partial charge in [-0.1, -0.05) is 48.5 Å². The molecule has 146 valence electrons. The van der Waals surface area contributed by atoms with Gasteiger partial charge in [-0.05, 0) is 54.3 Å². The SMILES string of the molecule is O=C1[C@@H]2CCc3ccccc3N2C(Cc2ccc(O)cc2)N1Nc1ccccc1. The normalized spacial score (nSPS) is 20.3. The van der Waals surface area contributed by atoms with Crippen LogP contribution in [0.3, 0.4) is 0 Å². The van der Waals surface area contributed by atoms with E-state index in [1.165, 1.54) is 5.56 Å². The van der Waals surface area contributed by atoms with Gasteiger partial charge in [0.2, 0.25) is 0 Å². The molecule has 3 aromatic carbocycles. The van der Waals surface area contributed by atoms with Crippen LogP contribution in [0.5, 0.6) is 5.75 Å². The van der Waals surface area contributed by atoms with Gasteiger partial charge in [-0.3, -0.25) is 10.2 Å². The second-order valence-electron chi connectivity index (χ2n) is 7.63. The van der Waals surface area contributed by atoms with Gasteiger partial charge in [-0.15, -0.1) is 0 Å². The first kappa shape index (κ1) is 17.6. The number of para-hydroxylation sites is 2. The highest BCUT2D eigenvalue weighted by molar-refractivity contribution is 5.91. The predicted octanol–water partition coefficient (Wildman–Crippen LogP) is 3.95. The van der Waals surface area contributed by atoms with Gasteiger partial charge in [-0.25, -0.2) is 5.01 Å². The van der Waals surface area contributed by atoms with Crippen molar-refractivity contribution in [2.45, 2.75) is 31.5 Å². The fourth-order valence-corrected chi connectivity index (χ4v) is 4.43. The Morgan fingerprint density at radius 3 is 2.45 bits per heavy atom. The molecule has 29 heavy (non-hydrogen) atoms. The molecule has 5 rings (SSSR count). The van der Waals surface area contributed by atoms with Crippen molar-refractivity contribution >= 4 is 17.3 Å². The number of nitrogens with one attached hydrogen (secondary N) is 1. The Morgan fingerprint density at radius 2 is 1.66 bits per heavy atom. The number of aryl methyl sites for hydroxylation is 1. The maximum Gasteiger partial charge on any atom is 0.265 e. The summed E-state index contributed by atoms with van der Waals surface area (Å²) in [6.45, 7) is 0. The van der Waals surface area contributed by atoms with Crippen molar-refractivity contribution in [3.05, 3.63) is 90.0 Å². The van der Waals surface area contributed by atoms with Gasteiger partial charge in [0.25, 0.3) is 5.91 Å². The van der Waals surface area contributed by atoms with Gasteiger partial charge >= 0.3 is 0 Å². The molecule has 1 amide bonds. The molecule has 2 N–H and O–H groups in total. The number of benzene rings is 3. The Kier molecular flexibility index (Phi) is 4.35. The van der Waals surface area contributed by atoms with Crippen LogP contribution in [0.15, 0.2) is 78.9 Å². The molecule has 0 saturated carbocycles. The Labute approximate surface area is 170 Å². The zero-order valence-corrected chi connectivity index (χ0v) is 16.0. The first-order chi connectivity index (χ1) is 14.2. The molecule has 2 heterocycles. The zero-order chi connectivity index (χ0) is 19.8. The number of fused-ring (bicyclic) bond motifs is 3. The molecule has 0 radical (unpaired) electrons. The van der Waals surface area contributed by atoms with Crippen molar-refractivity contribution < 1.29 is 9.90 Å². The first-order valence-corrected chi connectivity index (χ1v) is 9.99. The third-order valence-electron chi connectivity index (χ3n) is 5.81. The molecule has 0 aliphatic carbocycles. The fourth-order valence-electron chi connectivity index (χ4n) is 4.43. The smallest absolute Gasteiger partial charge is 0.265 e. The van der Waals surface area contributed by atoms with Gasteiger partial charge < -0.3 is 10.0 Å². The molecule has 5 nitrogen and oxygen atoms in total. The van der Waals surface area contributed by atoms with Crippen LogP contribution in [0.2, 0.25) is 0 Å². The van der Waals surface area contributed by atoms with Crippen LogP contribution in [-0.4, -0.2) is 28.2 Å². The van der Waals surface area contributed by atoms with E-state index in [1.54, 1.807) is 17.1 Å². The number of hydrazine groups is 1. The van der Waals surface area contributed by atoms with E-state index in [1.807, 2.05) is 48.5 Å². The molecule has 2 aliphatic heterocycles. The van der Waals surface area contributed by atoms with Crippen LogP contribution >= 0.6 is 0 Å². The summed E-state index contributed by atoms with van der Waals surface area (Å²) < 4.78 is 0. The Bertz CT molecular complexity index is 1020. The summed E-state index contributed by atoms with van der Waals surface area (Å²) in [4.78, 5) is 15.7. The Balaban J connectivity index is 1.54. The average Bonchev–Trinajstić information content (AvgIpc) is 3.02. The lowest BCUT2D eigenvalue weighted by atomic mass is 9.96. The lowest BCUT2D eigenvalue weighted by Crippen LogP contribution is -2.46. The summed E-state index contributed by atoms with van der Waals surface area (Å²) in [5, 5.41) is 11.4. The van der Waals surface area contributed by atoms with Crippen molar-refractivity contribution in [3.8, 4) is 5.75 Å². The molecular formula is C24H23N3O2. The van der Waals surface area contributed by atoms with E-state index in [0.29, 0.717) is 6.42 Å². The standard InChI is InChI=1S/C24H23N3O2/c28-20-13-10-17(11-14-20)16-23-26-21-9-5-4-6-18(21)12-15-22(26)24(29)27(23)25-19-7-2-1-3-8-19/h1-11,13-14,22-23,25,28H,12,15-16H2/t22-,23?/m0/s1. The summed E-state index contributed by atoms with van der Waals surface area (Å²) in [7, 11) is 0. The molecule has 0 bridgehead atoms. The molecule has 1 saturated heterocycles. The number of carbonyl (C=O) groups excluding carboxylic acids is 1. The topological polar surface area (TPSA) is 55.8 Å². The van der Waals surface area contributed by atoms with Crippen LogP contribution < -0.4 is 10.3 Å². The molecule has 2 aliphatic rings. The van der Waals surface area contributed by atoms with Crippen molar-refractivity contribution in [2.75, 3.05) is 10.3 Å². The van der Waals surface area contributed by atoms with Crippen molar-refractivity contribution in [1.29, 1.82) is 0 Å². The Morgan fingerprint density at radius 1 is 0.931 bits per heavy atom. The summed E-state index contributed by atoms with van der Waals surface area (Å²) >= 11 is 0. The number of phenols is 1. The van der Waals surface area contributed by atoms with E-state index < -0.39 is 0 Å². The second kappa shape index (κ2) is 7.17. The molecule has 3 aromatic rings. The van der Waals surface area contributed by atoms with E-state index in [9.17, 15) is 9.90 Å². The van der Waals surface area contributed by atoms with Crippen LogP contribution in [0.4, 0.5) is 11.4 Å². The Hall–Kier alpha value is -3.47. The van der Waals surface area contributed by atoms with Crippen LogP contribution in [0, 0.1) is 0 Å². The van der Waals surface area contributed by atoms with Crippen molar-refractivity contribution in [1.82, 2.24) is 5.01 Å². The van der Waals surface area contributed by atoms with Crippen LogP contribution in [-0.2, 0) is 17.6 Å². The van der Waals surface area contributed by atoms with Gasteiger partial charge in [0, 0.05) is 12.1 Å². The number of amides is 1. The number of rotatable bonds is 4. The van der Waals surface area contributed by atoms with Gasteiger partial charge in [0.05, 0.1) is 5.69 Å². The maximum absolute atomic E-state index is 13.4. The minimum absolute atomic E-state index is 0.104. The van der Waals surface area contributed by atoms with E-state index >= 15 is 0 Å². The molecule has 0 aromatic heterocycles. The monoisotopic (exact) mass is 385 g/mol. The summed E-state index contributed by atoms with van der Waals surface area (Å²) in [5.41, 5.74) is 7.74. The van der Waals surface area contributed by atoms with Crippen molar-refractivity contribution in [2.24, 2.45) is 0 Å². The number of hydrogen-bond acceptors (Lipinski definition) is 4. The van der Waals surface area contributed by atoms with E-state index in [4.69, 9.17) is 0 Å². The van der Waals surface area contributed by atoms with Crippen LogP contribution in [0.1, 0.15) is 17.5 Å². The third kappa shape index (κ3) is 3.18. The number of anilines is 2. The number of carbonyl (C=O) groups is 1. The highest BCUT2D eigenvalue weighted by atomic mass is 16.3. The second-order valence-corrected chi connectivity index (χ2v) is 7.63. The van der Waals surface area contributed by atoms with E-state index in [2.05, 4.69) is 28.5 Å². The van der Waals surface area contributed by atoms with E-state index in [-0.39, 0.29) is 23.9 Å². The first-order valence-electron chi connectivity index (χ1n) is 9.99. The molecular weight excluding hydrogens is 362 g/mol. The van der Waals surface area contributed by atoms with Crippen molar-refractivity contribution in [3.63, 3.8) is 0 Å². The van der Waals surface area contributed by atoms with Crippen LogP contribution in [0.25, 0.3) is 0 Å². The largest absolute Gasteiger partial charge is 0.508 e. The summed E-state index contributed by atoms with van der Waals surface area (Å²) in [6.07, 6.45) is 2.23. The zero-order valence-electron chi connectivity index (χ0n) is 16.0. The van der Waals surface area contributed by atoms with Gasteiger partial charge in [-0.2, -0.15) is 0 Å². The number of hydrogen-bond donors (Lipinski definition) is 2. The minimum Gasteiger partial charge on any atom is -0.508 e. The molecule has 1 unspecified atom stereocenters. The quantitative estimate of drug-likeness (QED) is 0.714. The summed E-state index contributed by atoms with van der Waals surface area (Å²) in [6, 6.07) is 25.3.